The van der Waals surface area contributed by atoms with Crippen molar-refractivity contribution in [3.8, 4) is 0 Å². The van der Waals surface area contributed by atoms with Crippen LogP contribution in [0.25, 0.3) is 0 Å². The summed E-state index contributed by atoms with van der Waals surface area (Å²) in [6.45, 7) is 2.95. The van der Waals surface area contributed by atoms with Crippen LogP contribution in [-0.2, 0) is 20.2 Å². The van der Waals surface area contributed by atoms with Crippen molar-refractivity contribution in [2.45, 2.75) is 24.2 Å². The Balaban J connectivity index is 2.33. The number of aliphatic carboxylic acids is 1. The van der Waals surface area contributed by atoms with Crippen molar-refractivity contribution in [3.63, 3.8) is 0 Å². The van der Waals surface area contributed by atoms with Gasteiger partial charge in [-0.2, -0.15) is 0 Å². The van der Waals surface area contributed by atoms with Crippen LogP contribution in [0, 0.1) is 17.5 Å². The Morgan fingerprint density at radius 2 is 1.52 bits per heavy atom. The maximum atomic E-state index is 13.6. The van der Waals surface area contributed by atoms with Crippen LogP contribution in [0.4, 0.5) is 18.9 Å². The fraction of sp³-hybridized carbons (Fsp3) is 0.188. The standard InChI is InChI=1S/C16H14F3NO4S/c1-16(2,15(21)22)9-3-5-10(6-4-9)20-25(23,24)14-8-12(18)11(17)7-13(14)19/h3-8,20H,1-2H3,(H,21,22). The van der Waals surface area contributed by atoms with E-state index in [1.807, 2.05) is 4.72 Å². The van der Waals surface area contributed by atoms with Gasteiger partial charge in [-0.3, -0.25) is 9.52 Å². The van der Waals surface area contributed by atoms with Crippen molar-refractivity contribution >= 4 is 21.7 Å². The van der Waals surface area contributed by atoms with Gasteiger partial charge in [0.2, 0.25) is 0 Å². The maximum absolute atomic E-state index is 13.6. The van der Waals surface area contributed by atoms with E-state index in [9.17, 15) is 26.4 Å². The SMILES string of the molecule is CC(C)(C(=O)O)c1ccc(NS(=O)(=O)c2cc(F)c(F)cc2F)cc1. The minimum atomic E-state index is -4.50. The highest BCUT2D eigenvalue weighted by Crippen LogP contribution is 2.26. The molecule has 0 bridgehead atoms. The average Bonchev–Trinajstić information content (AvgIpc) is 2.50. The van der Waals surface area contributed by atoms with E-state index < -0.39 is 43.8 Å². The van der Waals surface area contributed by atoms with Gasteiger partial charge < -0.3 is 5.11 Å². The smallest absolute Gasteiger partial charge is 0.313 e. The van der Waals surface area contributed by atoms with Crippen LogP contribution in [0.3, 0.4) is 0 Å². The molecule has 5 nitrogen and oxygen atoms in total. The van der Waals surface area contributed by atoms with E-state index in [0.29, 0.717) is 5.56 Å². The summed E-state index contributed by atoms with van der Waals surface area (Å²) in [5.41, 5.74) is -0.764. The van der Waals surface area contributed by atoms with Crippen molar-refractivity contribution in [2.75, 3.05) is 4.72 Å². The zero-order valence-electron chi connectivity index (χ0n) is 13.2. The number of benzene rings is 2. The normalized spacial score (nSPS) is 12.0. The number of carboxylic acid groups (broad SMARTS) is 1. The van der Waals surface area contributed by atoms with Gasteiger partial charge >= 0.3 is 5.97 Å². The maximum Gasteiger partial charge on any atom is 0.313 e. The summed E-state index contributed by atoms with van der Waals surface area (Å²) in [5, 5.41) is 9.16. The lowest BCUT2D eigenvalue weighted by Crippen LogP contribution is -2.28. The minimum Gasteiger partial charge on any atom is -0.481 e. The summed E-state index contributed by atoms with van der Waals surface area (Å²) in [4.78, 5) is 10.2. The number of nitrogens with one attached hydrogen (secondary N) is 1. The van der Waals surface area contributed by atoms with Gasteiger partial charge in [-0.15, -0.1) is 0 Å². The minimum absolute atomic E-state index is 0.00840. The van der Waals surface area contributed by atoms with E-state index in [2.05, 4.69) is 0 Å². The molecular formula is C16H14F3NO4S. The first kappa shape index (κ1) is 18.8. The van der Waals surface area contributed by atoms with Crippen LogP contribution in [0.2, 0.25) is 0 Å². The summed E-state index contributed by atoms with van der Waals surface area (Å²) in [7, 11) is -4.50. The van der Waals surface area contributed by atoms with Gasteiger partial charge in [0.15, 0.2) is 11.6 Å². The fourth-order valence-corrected chi connectivity index (χ4v) is 3.13. The Morgan fingerprint density at radius 1 is 1.00 bits per heavy atom. The first-order valence-electron chi connectivity index (χ1n) is 6.96. The highest BCUT2D eigenvalue weighted by Gasteiger charge is 2.29. The van der Waals surface area contributed by atoms with Crippen LogP contribution >= 0.6 is 0 Å². The van der Waals surface area contributed by atoms with E-state index in [1.165, 1.54) is 38.1 Å². The Morgan fingerprint density at radius 3 is 2.04 bits per heavy atom. The molecule has 25 heavy (non-hydrogen) atoms. The second-order valence-corrected chi connectivity index (χ2v) is 7.46. The molecule has 0 amide bonds. The number of hydrogen-bond donors (Lipinski definition) is 2. The van der Waals surface area contributed by atoms with Gasteiger partial charge in [0, 0.05) is 17.8 Å². The van der Waals surface area contributed by atoms with Gasteiger partial charge in [-0.1, -0.05) is 12.1 Å². The largest absolute Gasteiger partial charge is 0.481 e. The second kappa shape index (κ2) is 6.40. The van der Waals surface area contributed by atoms with E-state index in [0.717, 1.165) is 0 Å². The number of halogens is 3. The monoisotopic (exact) mass is 373 g/mol. The molecule has 2 aromatic carbocycles. The van der Waals surface area contributed by atoms with Gasteiger partial charge in [0.25, 0.3) is 10.0 Å². The Kier molecular flexibility index (Phi) is 4.81. The molecule has 0 spiro atoms. The predicted octanol–water partition coefficient (Wildman–Crippen LogP) is 3.27. The highest BCUT2D eigenvalue weighted by molar-refractivity contribution is 7.92. The van der Waals surface area contributed by atoms with Gasteiger partial charge in [-0.25, -0.2) is 21.6 Å². The molecule has 9 heteroatoms. The molecule has 0 radical (unpaired) electrons. The first-order chi connectivity index (χ1) is 11.4. The number of carboxylic acids is 1. The topological polar surface area (TPSA) is 83.5 Å². The Hall–Kier alpha value is -2.55. The van der Waals surface area contributed by atoms with Gasteiger partial charge in [0.05, 0.1) is 5.41 Å². The molecular weight excluding hydrogens is 359 g/mol. The summed E-state index contributed by atoms with van der Waals surface area (Å²) in [5.74, 6) is -5.50. The van der Waals surface area contributed by atoms with Gasteiger partial charge in [0.1, 0.15) is 10.7 Å². The quantitative estimate of drug-likeness (QED) is 0.788. The summed E-state index contributed by atoms with van der Waals surface area (Å²) in [6.07, 6.45) is 0. The molecule has 0 saturated heterocycles. The molecule has 2 aromatic rings. The summed E-state index contributed by atoms with van der Waals surface area (Å²) >= 11 is 0. The molecule has 0 unspecified atom stereocenters. The van der Waals surface area contributed by atoms with Crippen LogP contribution in [0.5, 0.6) is 0 Å². The molecule has 0 aliphatic heterocycles. The molecule has 2 N–H and O–H groups in total. The lowest BCUT2D eigenvalue weighted by molar-refractivity contribution is -0.142. The zero-order valence-corrected chi connectivity index (χ0v) is 14.0. The van der Waals surface area contributed by atoms with Crippen LogP contribution in [0.15, 0.2) is 41.3 Å². The fourth-order valence-electron chi connectivity index (χ4n) is 2.00. The number of hydrogen-bond acceptors (Lipinski definition) is 3. The number of sulfonamides is 1. The van der Waals surface area contributed by atoms with Crippen molar-refractivity contribution in [1.29, 1.82) is 0 Å². The van der Waals surface area contributed by atoms with Crippen LogP contribution in [-0.4, -0.2) is 19.5 Å². The number of rotatable bonds is 5. The van der Waals surface area contributed by atoms with E-state index in [1.54, 1.807) is 0 Å². The molecule has 0 saturated carbocycles. The summed E-state index contributed by atoms with van der Waals surface area (Å²) < 4.78 is 66.1. The second-order valence-electron chi connectivity index (χ2n) is 5.81. The van der Waals surface area contributed by atoms with Crippen molar-refractivity contribution in [2.24, 2.45) is 0 Å². The third-order valence-electron chi connectivity index (χ3n) is 3.66. The molecule has 0 fully saturated rings. The lowest BCUT2D eigenvalue weighted by atomic mass is 9.85. The number of anilines is 1. The molecule has 0 aromatic heterocycles. The predicted molar refractivity (Wildman–Crippen MR) is 84.2 cm³/mol. The van der Waals surface area contributed by atoms with Gasteiger partial charge in [-0.05, 0) is 31.5 Å². The third-order valence-corrected chi connectivity index (χ3v) is 5.05. The van der Waals surface area contributed by atoms with Crippen molar-refractivity contribution < 1.29 is 31.5 Å². The molecule has 0 aliphatic carbocycles. The number of carbonyl (C=O) groups is 1. The molecule has 2 rings (SSSR count). The summed E-state index contributed by atoms with van der Waals surface area (Å²) in [6, 6.07) is 5.75. The molecule has 134 valence electrons. The third kappa shape index (κ3) is 3.76. The van der Waals surface area contributed by atoms with Crippen molar-refractivity contribution in [1.82, 2.24) is 0 Å². The molecule has 0 heterocycles. The molecule has 0 aliphatic rings. The Labute approximate surface area is 142 Å². The average molecular weight is 373 g/mol. The highest BCUT2D eigenvalue weighted by atomic mass is 32.2. The van der Waals surface area contributed by atoms with E-state index in [4.69, 9.17) is 5.11 Å². The van der Waals surface area contributed by atoms with E-state index >= 15 is 0 Å². The van der Waals surface area contributed by atoms with Crippen LogP contribution < -0.4 is 4.72 Å². The van der Waals surface area contributed by atoms with Crippen molar-refractivity contribution in [3.05, 3.63) is 59.4 Å². The molecule has 0 atom stereocenters. The van der Waals surface area contributed by atoms with Crippen LogP contribution in [0.1, 0.15) is 19.4 Å². The Bertz CT molecular complexity index is 925. The first-order valence-corrected chi connectivity index (χ1v) is 8.45. The lowest BCUT2D eigenvalue weighted by Gasteiger charge is -2.20. The van der Waals surface area contributed by atoms with E-state index in [-0.39, 0.29) is 17.8 Å². The zero-order chi connectivity index (χ0) is 19.0.